The van der Waals surface area contributed by atoms with Gasteiger partial charge in [0, 0.05) is 12.1 Å². The molecule has 5 heteroatoms. The zero-order valence-corrected chi connectivity index (χ0v) is 10.8. The third kappa shape index (κ3) is 3.55. The summed E-state index contributed by atoms with van der Waals surface area (Å²) in [5.41, 5.74) is 0.294. The molecule has 0 aliphatic carbocycles. The molecule has 0 saturated heterocycles. The van der Waals surface area contributed by atoms with E-state index < -0.39 is 10.9 Å². The average molecular weight is 251 g/mol. The molecule has 0 aliphatic heterocycles. The second-order valence-electron chi connectivity index (χ2n) is 4.40. The summed E-state index contributed by atoms with van der Waals surface area (Å²) < 4.78 is 5.34. The third-order valence-corrected chi connectivity index (χ3v) is 2.72. The first-order valence-electron chi connectivity index (χ1n) is 5.91. The van der Waals surface area contributed by atoms with Crippen molar-refractivity contribution >= 4 is 11.7 Å². The Labute approximate surface area is 106 Å². The predicted octanol–water partition coefficient (Wildman–Crippen LogP) is 3.19. The average Bonchev–Trinajstić information content (AvgIpc) is 2.35. The number of benzene rings is 1. The quantitative estimate of drug-likeness (QED) is 0.458. The molecule has 0 N–H and O–H groups in total. The molecule has 0 amide bonds. The smallest absolute Gasteiger partial charge is 0.338 e. The van der Waals surface area contributed by atoms with Gasteiger partial charge in [0.05, 0.1) is 10.5 Å². The molecule has 1 rings (SSSR count). The molecule has 98 valence electrons. The molecule has 0 fully saturated rings. The van der Waals surface area contributed by atoms with Gasteiger partial charge in [0.25, 0.3) is 5.69 Å². The van der Waals surface area contributed by atoms with Crippen LogP contribution in [0.3, 0.4) is 0 Å². The summed E-state index contributed by atoms with van der Waals surface area (Å²) in [5, 5.41) is 10.5. The van der Waals surface area contributed by atoms with E-state index in [1.807, 2.05) is 20.8 Å². The number of non-ortho nitro benzene ring substituents is 1. The van der Waals surface area contributed by atoms with Crippen LogP contribution in [0.5, 0.6) is 0 Å². The summed E-state index contributed by atoms with van der Waals surface area (Å²) >= 11 is 0. The normalized spacial score (nSPS) is 12.2. The van der Waals surface area contributed by atoms with Crippen LogP contribution in [-0.2, 0) is 4.74 Å². The minimum absolute atomic E-state index is 0.0394. The van der Waals surface area contributed by atoms with E-state index in [2.05, 4.69) is 0 Å². The minimum Gasteiger partial charge on any atom is -0.459 e. The number of rotatable bonds is 5. The standard InChI is InChI=1S/C13H17NO4/c1-4-12(9(2)3)18-13(15)10-5-7-11(8-6-10)14(16)17/h5-9,12H,4H2,1-3H3. The molecule has 0 spiro atoms. The van der Waals surface area contributed by atoms with E-state index in [9.17, 15) is 14.9 Å². The number of ether oxygens (including phenoxy) is 1. The Bertz CT molecular complexity index is 425. The van der Waals surface area contributed by atoms with Crippen molar-refractivity contribution in [2.24, 2.45) is 5.92 Å². The summed E-state index contributed by atoms with van der Waals surface area (Å²) in [6.07, 6.45) is 0.615. The van der Waals surface area contributed by atoms with Gasteiger partial charge in [-0.05, 0) is 24.5 Å². The van der Waals surface area contributed by atoms with Crippen LogP contribution in [-0.4, -0.2) is 17.0 Å². The lowest BCUT2D eigenvalue weighted by atomic mass is 10.1. The zero-order valence-electron chi connectivity index (χ0n) is 10.8. The van der Waals surface area contributed by atoms with Gasteiger partial charge in [0.2, 0.25) is 0 Å². The molecule has 0 bridgehead atoms. The Kier molecular flexibility index (Phi) is 4.83. The molecule has 1 aromatic rings. The first kappa shape index (κ1) is 14.2. The molecule has 0 aromatic heterocycles. The van der Waals surface area contributed by atoms with Gasteiger partial charge in [0.15, 0.2) is 0 Å². The van der Waals surface area contributed by atoms with Crippen LogP contribution in [0, 0.1) is 16.0 Å². The van der Waals surface area contributed by atoms with Gasteiger partial charge in [-0.25, -0.2) is 4.79 Å². The van der Waals surface area contributed by atoms with E-state index >= 15 is 0 Å². The van der Waals surface area contributed by atoms with Crippen LogP contribution in [0.2, 0.25) is 0 Å². The fraction of sp³-hybridized carbons (Fsp3) is 0.462. The molecule has 5 nitrogen and oxygen atoms in total. The zero-order chi connectivity index (χ0) is 13.7. The van der Waals surface area contributed by atoms with Crippen molar-refractivity contribution in [1.82, 2.24) is 0 Å². The highest BCUT2D eigenvalue weighted by molar-refractivity contribution is 5.89. The summed E-state index contributed by atoms with van der Waals surface area (Å²) in [4.78, 5) is 21.8. The van der Waals surface area contributed by atoms with Crippen molar-refractivity contribution < 1.29 is 14.5 Å². The summed E-state index contributed by atoms with van der Waals surface area (Å²) in [6.45, 7) is 5.92. The van der Waals surface area contributed by atoms with Crippen LogP contribution in [0.15, 0.2) is 24.3 Å². The number of nitro groups is 1. The number of hydrogen-bond donors (Lipinski definition) is 0. The number of carbonyl (C=O) groups is 1. The van der Waals surface area contributed by atoms with Gasteiger partial charge in [0.1, 0.15) is 6.10 Å². The van der Waals surface area contributed by atoms with Gasteiger partial charge >= 0.3 is 5.97 Å². The Hall–Kier alpha value is -1.91. The lowest BCUT2D eigenvalue weighted by Gasteiger charge is -2.19. The van der Waals surface area contributed by atoms with E-state index in [-0.39, 0.29) is 17.7 Å². The number of esters is 1. The molecule has 0 radical (unpaired) electrons. The lowest BCUT2D eigenvalue weighted by Crippen LogP contribution is -2.22. The minimum atomic E-state index is -0.502. The first-order valence-corrected chi connectivity index (χ1v) is 5.91. The fourth-order valence-corrected chi connectivity index (χ4v) is 1.62. The van der Waals surface area contributed by atoms with Crippen LogP contribution in [0.4, 0.5) is 5.69 Å². The van der Waals surface area contributed by atoms with Crippen LogP contribution >= 0.6 is 0 Å². The van der Waals surface area contributed by atoms with E-state index in [4.69, 9.17) is 4.74 Å². The highest BCUT2D eigenvalue weighted by atomic mass is 16.6. The molecule has 18 heavy (non-hydrogen) atoms. The number of hydrogen-bond acceptors (Lipinski definition) is 4. The van der Waals surface area contributed by atoms with E-state index in [1.54, 1.807) is 0 Å². The van der Waals surface area contributed by atoms with Gasteiger partial charge in [-0.2, -0.15) is 0 Å². The molecule has 0 saturated carbocycles. The summed E-state index contributed by atoms with van der Waals surface area (Å²) in [7, 11) is 0. The summed E-state index contributed by atoms with van der Waals surface area (Å²) in [5.74, 6) is -0.192. The monoisotopic (exact) mass is 251 g/mol. The molecular weight excluding hydrogens is 234 g/mol. The van der Waals surface area contributed by atoms with Crippen molar-refractivity contribution in [2.45, 2.75) is 33.3 Å². The molecule has 1 atom stereocenters. The highest BCUT2D eigenvalue weighted by Gasteiger charge is 2.18. The Morgan fingerprint density at radius 1 is 1.33 bits per heavy atom. The number of carbonyl (C=O) groups excluding carboxylic acids is 1. The molecule has 0 heterocycles. The maximum atomic E-state index is 11.8. The Balaban J connectivity index is 2.75. The molecule has 1 unspecified atom stereocenters. The third-order valence-electron chi connectivity index (χ3n) is 2.72. The van der Waals surface area contributed by atoms with Crippen molar-refractivity contribution in [2.75, 3.05) is 0 Å². The second-order valence-corrected chi connectivity index (χ2v) is 4.40. The predicted molar refractivity (Wildman–Crippen MR) is 67.4 cm³/mol. The lowest BCUT2D eigenvalue weighted by molar-refractivity contribution is -0.384. The Morgan fingerprint density at radius 2 is 1.89 bits per heavy atom. The SMILES string of the molecule is CCC(OC(=O)c1ccc([N+](=O)[O-])cc1)C(C)C. The maximum absolute atomic E-state index is 11.8. The van der Waals surface area contributed by atoms with Gasteiger partial charge in [-0.1, -0.05) is 20.8 Å². The summed E-state index contributed by atoms with van der Waals surface area (Å²) in [6, 6.07) is 5.42. The molecule has 1 aromatic carbocycles. The molecular formula is C13H17NO4. The van der Waals surface area contributed by atoms with Gasteiger partial charge in [-0.15, -0.1) is 0 Å². The van der Waals surface area contributed by atoms with E-state index in [0.717, 1.165) is 6.42 Å². The van der Waals surface area contributed by atoms with Crippen molar-refractivity contribution in [3.63, 3.8) is 0 Å². The van der Waals surface area contributed by atoms with Crippen LogP contribution < -0.4 is 0 Å². The molecule has 0 aliphatic rings. The largest absolute Gasteiger partial charge is 0.459 e. The number of nitrogens with zero attached hydrogens (tertiary/aromatic N) is 1. The second kappa shape index (κ2) is 6.14. The topological polar surface area (TPSA) is 69.4 Å². The first-order chi connectivity index (χ1) is 8.45. The van der Waals surface area contributed by atoms with Crippen molar-refractivity contribution in [3.05, 3.63) is 39.9 Å². The van der Waals surface area contributed by atoms with Gasteiger partial charge in [-0.3, -0.25) is 10.1 Å². The van der Waals surface area contributed by atoms with E-state index in [0.29, 0.717) is 5.56 Å². The Morgan fingerprint density at radius 3 is 2.28 bits per heavy atom. The van der Waals surface area contributed by atoms with Crippen LogP contribution in [0.1, 0.15) is 37.6 Å². The van der Waals surface area contributed by atoms with Gasteiger partial charge < -0.3 is 4.74 Å². The van der Waals surface area contributed by atoms with E-state index in [1.165, 1.54) is 24.3 Å². The fourth-order valence-electron chi connectivity index (χ4n) is 1.62. The van der Waals surface area contributed by atoms with Crippen LogP contribution in [0.25, 0.3) is 0 Å². The van der Waals surface area contributed by atoms with Crippen molar-refractivity contribution in [3.8, 4) is 0 Å². The van der Waals surface area contributed by atoms with Crippen molar-refractivity contribution in [1.29, 1.82) is 0 Å². The highest BCUT2D eigenvalue weighted by Crippen LogP contribution is 2.16. The number of nitro benzene ring substituents is 1. The maximum Gasteiger partial charge on any atom is 0.338 e.